The average molecular weight is 547 g/mol. The number of rotatable bonds is 11. The van der Waals surface area contributed by atoms with Crippen LogP contribution >= 0.6 is 19.2 Å². The van der Waals surface area contributed by atoms with Crippen molar-refractivity contribution in [3.05, 3.63) is 17.8 Å². The van der Waals surface area contributed by atoms with Gasteiger partial charge in [-0.1, -0.05) is 11.6 Å². The van der Waals surface area contributed by atoms with E-state index in [1.807, 2.05) is 18.4 Å². The van der Waals surface area contributed by atoms with E-state index in [2.05, 4.69) is 15.0 Å². The van der Waals surface area contributed by atoms with Gasteiger partial charge in [-0.15, -0.1) is 0 Å². The van der Waals surface area contributed by atoms with E-state index in [0.29, 0.717) is 17.6 Å². The molecule has 0 spiro atoms. The molecule has 1 aliphatic heterocycles. The highest BCUT2D eigenvalue weighted by molar-refractivity contribution is 7.55. The molecule has 2 fully saturated rings. The number of imidazole rings is 1. The second-order valence-electron chi connectivity index (χ2n) is 8.93. The molecule has 1 unspecified atom stereocenters. The molecule has 1 saturated carbocycles. The first-order valence-corrected chi connectivity index (χ1v) is 14.0. The van der Waals surface area contributed by atoms with Gasteiger partial charge >= 0.3 is 13.6 Å². The highest BCUT2D eigenvalue weighted by Crippen LogP contribution is 2.55. The Labute approximate surface area is 214 Å². The van der Waals surface area contributed by atoms with Crippen molar-refractivity contribution >= 4 is 36.3 Å². The molecule has 2 aliphatic rings. The summed E-state index contributed by atoms with van der Waals surface area (Å²) in [6.45, 7) is 8.95. The van der Waals surface area contributed by atoms with Gasteiger partial charge in [0.1, 0.15) is 17.9 Å². The number of aromatic nitrogens is 4. The Morgan fingerprint density at radius 1 is 1.17 bits per heavy atom. The first kappa shape index (κ1) is 27.4. The predicted octanol–water partition coefficient (Wildman–Crippen LogP) is 3.73. The van der Waals surface area contributed by atoms with Crippen LogP contribution in [0.2, 0.25) is 5.15 Å². The molecule has 5 atom stereocenters. The lowest BCUT2D eigenvalue weighted by Gasteiger charge is -2.27. The lowest BCUT2D eigenvalue weighted by Crippen LogP contribution is -2.33. The number of fused-ring (bicyclic) bond motifs is 2. The van der Waals surface area contributed by atoms with Gasteiger partial charge in [0, 0.05) is 5.92 Å². The van der Waals surface area contributed by atoms with E-state index in [9.17, 15) is 9.36 Å². The molecule has 0 aromatic carbocycles. The highest BCUT2D eigenvalue weighted by atomic mass is 35.5. The van der Waals surface area contributed by atoms with Gasteiger partial charge in [-0.25, -0.2) is 19.7 Å². The third-order valence-electron chi connectivity index (χ3n) is 6.08. The van der Waals surface area contributed by atoms with Crippen molar-refractivity contribution < 1.29 is 37.4 Å². The molecule has 12 nitrogen and oxygen atoms in total. The van der Waals surface area contributed by atoms with Crippen LogP contribution in [0.15, 0.2) is 12.7 Å². The van der Waals surface area contributed by atoms with Crippen molar-refractivity contribution in [1.82, 2.24) is 19.5 Å². The number of hydrogen-bond donors (Lipinski definition) is 0. The van der Waals surface area contributed by atoms with E-state index in [-0.39, 0.29) is 55.7 Å². The highest BCUT2D eigenvalue weighted by Gasteiger charge is 2.55. The minimum Gasteiger partial charge on any atom is -0.464 e. The molecule has 0 N–H and O–H groups in total. The van der Waals surface area contributed by atoms with Crippen molar-refractivity contribution in [1.29, 1.82) is 0 Å². The fourth-order valence-corrected chi connectivity index (χ4v) is 6.65. The Bertz CT molecular complexity index is 1120. The molecule has 0 radical (unpaired) electrons. The minimum absolute atomic E-state index is 0.0348. The lowest BCUT2D eigenvalue weighted by atomic mass is 10.1. The van der Waals surface area contributed by atoms with Gasteiger partial charge in [-0.2, -0.15) is 0 Å². The van der Waals surface area contributed by atoms with E-state index in [4.69, 9.17) is 39.6 Å². The summed E-state index contributed by atoms with van der Waals surface area (Å²) >= 11 is 6.20. The summed E-state index contributed by atoms with van der Waals surface area (Å²) in [6.07, 6.45) is 2.90. The van der Waals surface area contributed by atoms with Gasteiger partial charge in [0.15, 0.2) is 16.6 Å². The summed E-state index contributed by atoms with van der Waals surface area (Å²) in [5, 5.41) is 0.261. The van der Waals surface area contributed by atoms with Crippen molar-refractivity contribution in [3.63, 3.8) is 0 Å². The molecule has 1 aliphatic carbocycles. The van der Waals surface area contributed by atoms with Crippen LogP contribution in [-0.2, 0) is 37.4 Å². The van der Waals surface area contributed by atoms with Crippen molar-refractivity contribution in [2.45, 2.75) is 70.9 Å². The normalized spacial score (nSPS) is 26.3. The maximum Gasteiger partial charge on any atom is 0.370 e. The van der Waals surface area contributed by atoms with E-state index in [1.165, 1.54) is 6.33 Å². The first-order chi connectivity index (χ1) is 17.1. The van der Waals surface area contributed by atoms with Crippen LogP contribution in [-0.4, -0.2) is 75.8 Å². The molecule has 14 heteroatoms. The number of carbonyl (C=O) groups excluding carboxylic acids is 1. The van der Waals surface area contributed by atoms with Gasteiger partial charge in [-0.3, -0.25) is 4.57 Å². The smallest absolute Gasteiger partial charge is 0.370 e. The Morgan fingerprint density at radius 3 is 2.53 bits per heavy atom. The van der Waals surface area contributed by atoms with Crippen LogP contribution < -0.4 is 0 Å². The van der Waals surface area contributed by atoms with Crippen molar-refractivity contribution in [2.75, 3.05) is 26.4 Å². The second-order valence-corrected chi connectivity index (χ2v) is 11.4. The number of nitrogens with zero attached hydrogens (tertiary/aromatic N) is 4. The van der Waals surface area contributed by atoms with E-state index >= 15 is 0 Å². The Kier molecular flexibility index (Phi) is 8.35. The topological polar surface area (TPSA) is 133 Å². The lowest BCUT2D eigenvalue weighted by molar-refractivity contribution is -0.166. The van der Waals surface area contributed by atoms with E-state index in [0.717, 1.165) is 0 Å². The van der Waals surface area contributed by atoms with Gasteiger partial charge < -0.3 is 32.6 Å². The number of carbonyl (C=O) groups is 1. The van der Waals surface area contributed by atoms with Crippen LogP contribution in [0.25, 0.3) is 11.2 Å². The molecule has 2 aromatic rings. The van der Waals surface area contributed by atoms with Crippen LogP contribution in [0.3, 0.4) is 0 Å². The summed E-state index contributed by atoms with van der Waals surface area (Å²) in [5.74, 6) is -3.37. The van der Waals surface area contributed by atoms with Crippen molar-refractivity contribution in [2.24, 2.45) is 5.92 Å². The SMILES string of the molecule is CCOC(=O)C(OC[C@H]1C[C@@H](n2cnc3c(Cl)ncnc32)[C@@H]2OC(C)(C)O[C@H]12)P(=O)(OCC)OCC. The standard InChI is InChI=1S/C22H32ClN4O8P/c1-6-30-20(28)21(36(29,32-7-2)33-8-3)31-10-13-9-14(17-16(13)34-22(4,5)35-17)27-12-26-15-18(23)24-11-25-19(15)27/h11-14,16-17,21H,6-10H2,1-5H3/t13-,14-,16-,17+,21?/m1/s1. The molecule has 36 heavy (non-hydrogen) atoms. The van der Waals surface area contributed by atoms with Crippen LogP contribution in [0, 0.1) is 5.92 Å². The molecule has 0 bridgehead atoms. The monoisotopic (exact) mass is 546 g/mol. The van der Waals surface area contributed by atoms with E-state index in [1.54, 1.807) is 27.1 Å². The third kappa shape index (κ3) is 5.31. The molecule has 2 aromatic heterocycles. The minimum atomic E-state index is -3.94. The van der Waals surface area contributed by atoms with E-state index < -0.39 is 25.2 Å². The maximum atomic E-state index is 13.4. The van der Waals surface area contributed by atoms with Crippen LogP contribution in [0.4, 0.5) is 0 Å². The summed E-state index contributed by atoms with van der Waals surface area (Å²) in [5.41, 5.74) is 1.07. The summed E-state index contributed by atoms with van der Waals surface area (Å²) in [6, 6.07) is -0.201. The molecule has 3 heterocycles. The molecular formula is C22H32ClN4O8P. The molecule has 0 amide bonds. The molecule has 4 rings (SSSR count). The first-order valence-electron chi connectivity index (χ1n) is 12.0. The predicted molar refractivity (Wildman–Crippen MR) is 129 cm³/mol. The van der Waals surface area contributed by atoms with Crippen molar-refractivity contribution in [3.8, 4) is 0 Å². The fraction of sp³-hybridized carbons (Fsp3) is 0.727. The van der Waals surface area contributed by atoms with Crippen LogP contribution in [0.1, 0.15) is 47.1 Å². The van der Waals surface area contributed by atoms with Crippen LogP contribution in [0.5, 0.6) is 0 Å². The Morgan fingerprint density at radius 2 is 1.86 bits per heavy atom. The third-order valence-corrected chi connectivity index (χ3v) is 8.53. The summed E-state index contributed by atoms with van der Waals surface area (Å²) in [7, 11) is -3.94. The Balaban J connectivity index is 1.60. The number of ether oxygens (including phenoxy) is 4. The summed E-state index contributed by atoms with van der Waals surface area (Å²) in [4.78, 5) is 25.5. The average Bonchev–Trinajstić information content (AvgIpc) is 3.46. The number of esters is 1. The molecule has 200 valence electrons. The van der Waals surface area contributed by atoms with Gasteiger partial charge in [0.2, 0.25) is 0 Å². The zero-order valence-electron chi connectivity index (χ0n) is 21.0. The molecule has 1 saturated heterocycles. The van der Waals surface area contributed by atoms with Gasteiger partial charge in [0.05, 0.1) is 44.9 Å². The zero-order valence-corrected chi connectivity index (χ0v) is 22.6. The fourth-order valence-electron chi connectivity index (χ4n) is 4.81. The van der Waals surface area contributed by atoms with Gasteiger partial charge in [0.25, 0.3) is 5.85 Å². The number of halogens is 1. The van der Waals surface area contributed by atoms with Gasteiger partial charge in [-0.05, 0) is 41.0 Å². The zero-order chi connectivity index (χ0) is 26.1. The second kappa shape index (κ2) is 11.0. The Hall–Kier alpha value is -1.66. The quantitative estimate of drug-likeness (QED) is 0.232. The molecular weight excluding hydrogens is 515 g/mol. The largest absolute Gasteiger partial charge is 0.464 e. The number of hydrogen-bond acceptors (Lipinski definition) is 11. The summed E-state index contributed by atoms with van der Waals surface area (Å²) < 4.78 is 49.7. The maximum absolute atomic E-state index is 13.4.